The highest BCUT2D eigenvalue weighted by Crippen LogP contribution is 2.33. The molecule has 0 saturated carbocycles. The number of likely N-dealkylation sites (tertiary alicyclic amines) is 1. The number of rotatable bonds is 2. The number of amides is 2. The predicted molar refractivity (Wildman–Crippen MR) is 107 cm³/mol. The molecule has 7 heteroatoms. The minimum atomic E-state index is -0.319. The van der Waals surface area contributed by atoms with Crippen LogP contribution in [0.1, 0.15) is 47.8 Å². The van der Waals surface area contributed by atoms with E-state index in [0.29, 0.717) is 31.6 Å². The van der Waals surface area contributed by atoms with Crippen molar-refractivity contribution in [1.29, 1.82) is 0 Å². The van der Waals surface area contributed by atoms with Gasteiger partial charge in [-0.1, -0.05) is 18.2 Å². The van der Waals surface area contributed by atoms with Gasteiger partial charge < -0.3 is 15.5 Å². The number of para-hydroxylation sites is 1. The Morgan fingerprint density at radius 1 is 1.25 bits per heavy atom. The van der Waals surface area contributed by atoms with Crippen molar-refractivity contribution in [2.24, 2.45) is 0 Å². The first-order valence-corrected chi connectivity index (χ1v) is 9.96. The quantitative estimate of drug-likeness (QED) is 0.837. The Kier molecular flexibility index (Phi) is 4.83. The van der Waals surface area contributed by atoms with Crippen molar-refractivity contribution in [2.75, 3.05) is 18.4 Å². The van der Waals surface area contributed by atoms with Crippen LogP contribution in [0.25, 0.3) is 0 Å². The number of anilines is 1. The third-order valence-corrected chi connectivity index (χ3v) is 6.03. The maximum Gasteiger partial charge on any atom is 0.257 e. The third-order valence-electron chi connectivity index (χ3n) is 6.03. The van der Waals surface area contributed by atoms with Crippen LogP contribution >= 0.6 is 0 Å². The van der Waals surface area contributed by atoms with Crippen LogP contribution in [0.5, 0.6) is 0 Å². The predicted octanol–water partition coefficient (Wildman–Crippen LogP) is 2.32. The van der Waals surface area contributed by atoms with E-state index >= 15 is 0 Å². The molecule has 2 aromatic rings. The average molecular weight is 381 g/mol. The molecular formula is C21H27N5O2. The number of hydrogen-bond donors (Lipinski definition) is 2. The van der Waals surface area contributed by atoms with Crippen molar-refractivity contribution < 1.29 is 9.59 Å². The molecule has 1 aromatic carbocycles. The second kappa shape index (κ2) is 7.30. The molecule has 1 aromatic heterocycles. The molecule has 0 unspecified atom stereocenters. The summed E-state index contributed by atoms with van der Waals surface area (Å²) in [6, 6.07) is 8.10. The molecule has 2 amide bonds. The van der Waals surface area contributed by atoms with E-state index in [1.54, 1.807) is 6.20 Å². The fourth-order valence-corrected chi connectivity index (χ4v) is 4.28. The molecule has 148 valence electrons. The summed E-state index contributed by atoms with van der Waals surface area (Å²) >= 11 is 0. The lowest BCUT2D eigenvalue weighted by atomic mass is 9.82. The van der Waals surface area contributed by atoms with E-state index in [-0.39, 0.29) is 17.4 Å². The molecule has 2 aliphatic heterocycles. The zero-order valence-electron chi connectivity index (χ0n) is 16.5. The van der Waals surface area contributed by atoms with E-state index in [1.807, 2.05) is 41.6 Å². The van der Waals surface area contributed by atoms with Crippen molar-refractivity contribution in [2.45, 2.75) is 51.7 Å². The molecule has 1 saturated heterocycles. The number of carbonyl (C=O) groups is 2. The second-order valence-electron chi connectivity index (χ2n) is 7.77. The summed E-state index contributed by atoms with van der Waals surface area (Å²) in [6.07, 6.45) is 3.57. The summed E-state index contributed by atoms with van der Waals surface area (Å²) in [5.74, 6) is 0.0876. The van der Waals surface area contributed by atoms with Crippen molar-refractivity contribution >= 4 is 17.5 Å². The highest BCUT2D eigenvalue weighted by molar-refractivity contribution is 5.95. The first-order chi connectivity index (χ1) is 13.5. The van der Waals surface area contributed by atoms with Gasteiger partial charge in [0.05, 0.1) is 11.8 Å². The van der Waals surface area contributed by atoms with E-state index in [9.17, 15) is 9.59 Å². The molecule has 1 spiro atoms. The molecule has 7 nitrogen and oxygen atoms in total. The van der Waals surface area contributed by atoms with Gasteiger partial charge in [-0.2, -0.15) is 5.10 Å². The average Bonchev–Trinajstić information content (AvgIpc) is 3.06. The lowest BCUT2D eigenvalue weighted by Gasteiger charge is -2.44. The molecule has 0 bridgehead atoms. The number of benzene rings is 1. The zero-order valence-corrected chi connectivity index (χ0v) is 16.5. The second-order valence-corrected chi connectivity index (χ2v) is 7.77. The normalized spacial score (nSPS) is 18.6. The number of nitrogens with one attached hydrogen (secondary N) is 2. The van der Waals surface area contributed by atoms with E-state index in [0.717, 1.165) is 36.3 Å². The lowest BCUT2D eigenvalue weighted by molar-refractivity contribution is -0.122. The topological polar surface area (TPSA) is 79.3 Å². The van der Waals surface area contributed by atoms with E-state index in [2.05, 4.69) is 21.8 Å². The number of carbonyl (C=O) groups excluding carboxylic acids is 2. The number of fused-ring (bicyclic) bond motifs is 1. The molecule has 28 heavy (non-hydrogen) atoms. The van der Waals surface area contributed by atoms with Crippen molar-refractivity contribution in [3.05, 3.63) is 47.3 Å². The van der Waals surface area contributed by atoms with E-state index in [4.69, 9.17) is 0 Å². The fourth-order valence-electron chi connectivity index (χ4n) is 4.28. The summed E-state index contributed by atoms with van der Waals surface area (Å²) in [7, 11) is 0. The maximum absolute atomic E-state index is 13.0. The van der Waals surface area contributed by atoms with Crippen LogP contribution in [0.4, 0.5) is 5.69 Å². The van der Waals surface area contributed by atoms with Gasteiger partial charge in [0, 0.05) is 49.5 Å². The number of aryl methyl sites for hydroxylation is 1. The molecule has 0 aliphatic carbocycles. The Bertz CT molecular complexity index is 896. The van der Waals surface area contributed by atoms with Crippen molar-refractivity contribution in [3.63, 3.8) is 0 Å². The zero-order chi connectivity index (χ0) is 19.7. The Balaban J connectivity index is 1.51. The molecule has 1 fully saturated rings. The summed E-state index contributed by atoms with van der Waals surface area (Å²) in [5, 5.41) is 11.0. The van der Waals surface area contributed by atoms with Crippen LogP contribution in [-0.4, -0.2) is 45.1 Å². The molecule has 2 N–H and O–H groups in total. The van der Waals surface area contributed by atoms with E-state index in [1.165, 1.54) is 0 Å². The van der Waals surface area contributed by atoms with Crippen molar-refractivity contribution in [3.8, 4) is 0 Å². The Labute approximate surface area is 165 Å². The third kappa shape index (κ3) is 3.37. The van der Waals surface area contributed by atoms with Crippen LogP contribution < -0.4 is 10.6 Å². The van der Waals surface area contributed by atoms with Crippen LogP contribution in [-0.2, 0) is 17.9 Å². The van der Waals surface area contributed by atoms with Gasteiger partial charge in [-0.15, -0.1) is 0 Å². The first kappa shape index (κ1) is 18.5. The van der Waals surface area contributed by atoms with Gasteiger partial charge in [0.1, 0.15) is 0 Å². The van der Waals surface area contributed by atoms with Gasteiger partial charge in [0.25, 0.3) is 5.91 Å². The van der Waals surface area contributed by atoms with Crippen LogP contribution in [0.15, 0.2) is 30.5 Å². The highest BCUT2D eigenvalue weighted by Gasteiger charge is 2.39. The van der Waals surface area contributed by atoms with E-state index < -0.39 is 0 Å². The molecule has 2 aliphatic rings. The van der Waals surface area contributed by atoms with Gasteiger partial charge in [0.2, 0.25) is 5.91 Å². The number of piperidine rings is 1. The molecule has 3 heterocycles. The summed E-state index contributed by atoms with van der Waals surface area (Å²) in [4.78, 5) is 27.3. The standard InChI is InChI=1S/C21H27N5O2/c1-3-26-15(2)17(14-23-26)20(28)25-10-8-21(9-11-25)12-19(27)22-13-16-6-4-5-7-18(16)24-21/h4-7,14,24H,3,8-13H2,1-2H3,(H,22,27). The van der Waals surface area contributed by atoms with Gasteiger partial charge in [-0.05, 0) is 38.3 Å². The Morgan fingerprint density at radius 3 is 2.71 bits per heavy atom. The maximum atomic E-state index is 13.0. The van der Waals surface area contributed by atoms with Crippen LogP contribution in [0.3, 0.4) is 0 Å². The minimum Gasteiger partial charge on any atom is -0.379 e. The first-order valence-electron chi connectivity index (χ1n) is 9.96. The SMILES string of the molecule is CCn1ncc(C(=O)N2CCC3(CC2)CC(=O)NCc2ccccc2N3)c1C. The Hall–Kier alpha value is -2.83. The molecule has 0 atom stereocenters. The molecule has 4 rings (SSSR count). The van der Waals surface area contributed by atoms with Gasteiger partial charge in [0.15, 0.2) is 0 Å². The number of nitrogens with zero attached hydrogens (tertiary/aromatic N) is 3. The summed E-state index contributed by atoms with van der Waals surface area (Å²) in [5.41, 5.74) is 3.43. The summed E-state index contributed by atoms with van der Waals surface area (Å²) in [6.45, 7) is 6.50. The lowest BCUT2D eigenvalue weighted by Crippen LogP contribution is -2.53. The number of aromatic nitrogens is 2. The molecular weight excluding hydrogens is 354 g/mol. The smallest absolute Gasteiger partial charge is 0.257 e. The van der Waals surface area contributed by atoms with Gasteiger partial charge in [-0.3, -0.25) is 14.3 Å². The monoisotopic (exact) mass is 381 g/mol. The van der Waals surface area contributed by atoms with Gasteiger partial charge >= 0.3 is 0 Å². The van der Waals surface area contributed by atoms with Gasteiger partial charge in [-0.25, -0.2) is 0 Å². The number of hydrogen-bond acceptors (Lipinski definition) is 4. The molecule has 0 radical (unpaired) electrons. The largest absolute Gasteiger partial charge is 0.379 e. The van der Waals surface area contributed by atoms with Crippen LogP contribution in [0, 0.1) is 6.92 Å². The highest BCUT2D eigenvalue weighted by atomic mass is 16.2. The summed E-state index contributed by atoms with van der Waals surface area (Å²) < 4.78 is 1.84. The van der Waals surface area contributed by atoms with Crippen molar-refractivity contribution in [1.82, 2.24) is 20.0 Å². The van der Waals surface area contributed by atoms with Crippen LogP contribution in [0.2, 0.25) is 0 Å². The minimum absolute atomic E-state index is 0.0303. The Morgan fingerprint density at radius 2 is 2.00 bits per heavy atom. The fraction of sp³-hybridized carbons (Fsp3) is 0.476.